The third-order valence-electron chi connectivity index (χ3n) is 4.24. The van der Waals surface area contributed by atoms with E-state index in [0.29, 0.717) is 24.0 Å². The van der Waals surface area contributed by atoms with Crippen molar-refractivity contribution >= 4 is 35.1 Å². The second-order valence-electron chi connectivity index (χ2n) is 6.06. The number of aromatic nitrogens is 3. The fourth-order valence-electron chi connectivity index (χ4n) is 2.83. The van der Waals surface area contributed by atoms with E-state index in [1.165, 1.54) is 3.97 Å². The minimum Gasteiger partial charge on any atom is -0.478 e. The van der Waals surface area contributed by atoms with Gasteiger partial charge in [0.25, 0.3) is 0 Å². The third kappa shape index (κ3) is 3.12. The Morgan fingerprint density at radius 2 is 2.23 bits per heavy atom. The number of carbonyl (C=O) groups is 1. The summed E-state index contributed by atoms with van der Waals surface area (Å²) < 4.78 is 20.4. The van der Waals surface area contributed by atoms with E-state index in [1.807, 2.05) is 19.1 Å². The molecule has 134 valence electrons. The van der Waals surface area contributed by atoms with Crippen LogP contribution in [0.2, 0.25) is 0 Å². The summed E-state index contributed by atoms with van der Waals surface area (Å²) in [7, 11) is 0. The minimum atomic E-state index is -0.0334. The molecule has 0 bridgehead atoms. The molecule has 1 aliphatic rings. The Hall–Kier alpha value is -2.61. The number of nitrogens with zero attached hydrogens (tertiary/aromatic N) is 3. The van der Waals surface area contributed by atoms with Gasteiger partial charge in [0.05, 0.1) is 6.61 Å². The highest BCUT2D eigenvalue weighted by Gasteiger charge is 2.30. The maximum atomic E-state index is 13.5. The van der Waals surface area contributed by atoms with Crippen LogP contribution < -0.4 is 10.1 Å². The van der Waals surface area contributed by atoms with Gasteiger partial charge in [0, 0.05) is 34.8 Å². The van der Waals surface area contributed by atoms with Crippen LogP contribution in [-0.2, 0) is 4.79 Å². The van der Waals surface area contributed by atoms with Gasteiger partial charge in [0.2, 0.25) is 11.8 Å². The van der Waals surface area contributed by atoms with Crippen molar-refractivity contribution < 1.29 is 13.4 Å². The maximum Gasteiger partial charge on any atom is 0.228 e. The largest absolute Gasteiger partial charge is 0.478 e. The fraction of sp³-hybridized carbons (Fsp3) is 0.278. The van der Waals surface area contributed by atoms with Gasteiger partial charge in [-0.1, -0.05) is 0 Å². The highest BCUT2D eigenvalue weighted by molar-refractivity contribution is 7.92. The molecule has 3 aromatic rings. The van der Waals surface area contributed by atoms with E-state index in [1.54, 1.807) is 24.5 Å². The number of hydrogen-bond donors (Lipinski definition) is 1. The van der Waals surface area contributed by atoms with E-state index >= 15 is 0 Å². The van der Waals surface area contributed by atoms with Crippen LogP contribution in [0.15, 0.2) is 36.7 Å². The van der Waals surface area contributed by atoms with Crippen molar-refractivity contribution in [2.24, 2.45) is 5.92 Å². The Morgan fingerprint density at radius 3 is 2.96 bits per heavy atom. The predicted octanol–water partition coefficient (Wildman–Crippen LogP) is 4.23. The van der Waals surface area contributed by atoms with Crippen molar-refractivity contribution in [3.05, 3.63) is 36.7 Å². The fourth-order valence-corrected chi connectivity index (χ4v) is 3.18. The molecular weight excluding hydrogens is 355 g/mol. The van der Waals surface area contributed by atoms with E-state index in [0.717, 1.165) is 29.4 Å². The topological polar surface area (TPSA) is 69.0 Å². The first-order valence-corrected chi connectivity index (χ1v) is 9.09. The third-order valence-corrected chi connectivity index (χ3v) is 4.66. The number of ether oxygens (including phenoxy) is 1. The van der Waals surface area contributed by atoms with Gasteiger partial charge in [-0.15, -0.1) is 3.89 Å². The SMILES string of the molecule is CCOc1ncccc1-c1cn(SF)c2nc(NC(=O)C3CC3)ccc12. The van der Waals surface area contributed by atoms with Crippen molar-refractivity contribution in [1.82, 2.24) is 13.9 Å². The summed E-state index contributed by atoms with van der Waals surface area (Å²) in [5, 5.41) is 3.55. The summed E-state index contributed by atoms with van der Waals surface area (Å²) in [6.45, 7) is 2.37. The molecule has 0 aliphatic heterocycles. The average molecular weight is 372 g/mol. The molecule has 4 rings (SSSR count). The van der Waals surface area contributed by atoms with Crippen LogP contribution in [0.4, 0.5) is 9.70 Å². The van der Waals surface area contributed by atoms with Gasteiger partial charge in [-0.25, -0.2) is 13.9 Å². The van der Waals surface area contributed by atoms with E-state index in [-0.39, 0.29) is 24.2 Å². The maximum absolute atomic E-state index is 13.5. The molecule has 1 amide bonds. The molecule has 1 aliphatic carbocycles. The van der Waals surface area contributed by atoms with Gasteiger partial charge >= 0.3 is 0 Å². The Labute approximate surface area is 154 Å². The Kier molecular flexibility index (Phi) is 4.50. The van der Waals surface area contributed by atoms with E-state index in [2.05, 4.69) is 15.3 Å². The zero-order valence-electron chi connectivity index (χ0n) is 14.1. The van der Waals surface area contributed by atoms with Crippen molar-refractivity contribution in [2.75, 3.05) is 11.9 Å². The number of nitrogens with one attached hydrogen (secondary N) is 1. The van der Waals surface area contributed by atoms with Gasteiger partial charge in [-0.05, 0) is 44.0 Å². The number of pyridine rings is 2. The zero-order chi connectivity index (χ0) is 18.1. The number of anilines is 1. The van der Waals surface area contributed by atoms with Crippen LogP contribution in [0.3, 0.4) is 0 Å². The normalized spacial score (nSPS) is 13.8. The van der Waals surface area contributed by atoms with Gasteiger partial charge in [-0.3, -0.25) is 4.79 Å². The van der Waals surface area contributed by atoms with Gasteiger partial charge < -0.3 is 10.1 Å². The lowest BCUT2D eigenvalue weighted by molar-refractivity contribution is -0.117. The van der Waals surface area contributed by atoms with Crippen LogP contribution in [0.5, 0.6) is 5.88 Å². The minimum absolute atomic E-state index is 0.0334. The molecule has 1 N–H and O–H groups in total. The lowest BCUT2D eigenvalue weighted by Crippen LogP contribution is -2.14. The summed E-state index contributed by atoms with van der Waals surface area (Å²) in [5.74, 6) is 0.957. The Balaban J connectivity index is 1.78. The molecule has 0 spiro atoms. The van der Waals surface area contributed by atoms with Crippen molar-refractivity contribution in [2.45, 2.75) is 19.8 Å². The van der Waals surface area contributed by atoms with Crippen LogP contribution in [0, 0.1) is 5.92 Å². The molecule has 8 heteroatoms. The van der Waals surface area contributed by atoms with E-state index in [4.69, 9.17) is 4.74 Å². The highest BCUT2D eigenvalue weighted by atomic mass is 32.2. The summed E-state index contributed by atoms with van der Waals surface area (Å²) >= 11 is 0.0595. The van der Waals surface area contributed by atoms with Crippen LogP contribution in [-0.4, -0.2) is 26.5 Å². The number of carbonyl (C=O) groups excluding carboxylic acids is 1. The number of halogens is 1. The van der Waals surface area contributed by atoms with Gasteiger partial charge in [0.1, 0.15) is 5.82 Å². The first-order valence-electron chi connectivity index (χ1n) is 8.41. The van der Waals surface area contributed by atoms with E-state index < -0.39 is 0 Å². The van der Waals surface area contributed by atoms with Crippen molar-refractivity contribution in [3.8, 4) is 17.0 Å². The Bertz CT molecular complexity index is 971. The van der Waals surface area contributed by atoms with Crippen molar-refractivity contribution in [1.29, 1.82) is 0 Å². The number of hydrogen-bond acceptors (Lipinski definition) is 5. The molecule has 0 aromatic carbocycles. The van der Waals surface area contributed by atoms with Gasteiger partial charge in [0.15, 0.2) is 18.0 Å². The smallest absolute Gasteiger partial charge is 0.228 e. The number of fused-ring (bicyclic) bond motifs is 1. The molecule has 1 fully saturated rings. The average Bonchev–Trinajstić information content (AvgIpc) is 3.44. The molecule has 0 radical (unpaired) electrons. The first-order chi connectivity index (χ1) is 12.7. The molecule has 0 unspecified atom stereocenters. The molecule has 1 saturated carbocycles. The number of rotatable bonds is 6. The molecule has 0 atom stereocenters. The number of amides is 1. The second-order valence-corrected chi connectivity index (χ2v) is 6.59. The predicted molar refractivity (Wildman–Crippen MR) is 99.6 cm³/mol. The van der Waals surface area contributed by atoms with Crippen LogP contribution in [0.25, 0.3) is 22.2 Å². The molecule has 26 heavy (non-hydrogen) atoms. The summed E-state index contributed by atoms with van der Waals surface area (Å²) in [5.41, 5.74) is 1.98. The molecular formula is C18H17FN4O2S. The summed E-state index contributed by atoms with van der Waals surface area (Å²) in [6, 6.07) is 7.25. The molecule has 3 heterocycles. The van der Waals surface area contributed by atoms with Gasteiger partial charge in [-0.2, -0.15) is 0 Å². The molecule has 0 saturated heterocycles. The monoisotopic (exact) mass is 372 g/mol. The van der Waals surface area contributed by atoms with Crippen molar-refractivity contribution in [3.63, 3.8) is 0 Å². The summed E-state index contributed by atoms with van der Waals surface area (Å²) in [4.78, 5) is 20.6. The first kappa shape index (κ1) is 16.8. The standard InChI is InChI=1S/C18H17FN4O2S/c1-2-25-18-13(4-3-9-20-18)14-10-23(26-19)16-12(14)7-8-15(21-16)22-17(24)11-5-6-11/h3-4,7-11H,2,5-6H2,1H3,(H,21,22,24). The second kappa shape index (κ2) is 6.95. The molecule has 3 aromatic heterocycles. The summed E-state index contributed by atoms with van der Waals surface area (Å²) in [6.07, 6.45) is 5.14. The van der Waals surface area contributed by atoms with Crippen LogP contribution >= 0.6 is 12.3 Å². The Morgan fingerprint density at radius 1 is 1.38 bits per heavy atom. The van der Waals surface area contributed by atoms with Crippen LogP contribution in [0.1, 0.15) is 19.8 Å². The lowest BCUT2D eigenvalue weighted by Gasteiger charge is -2.08. The lowest BCUT2D eigenvalue weighted by atomic mass is 10.1. The van der Waals surface area contributed by atoms with E-state index in [9.17, 15) is 8.68 Å². The quantitative estimate of drug-likeness (QED) is 0.701. The zero-order valence-corrected chi connectivity index (χ0v) is 14.9. The highest BCUT2D eigenvalue weighted by Crippen LogP contribution is 2.37. The molecule has 6 nitrogen and oxygen atoms in total.